The summed E-state index contributed by atoms with van der Waals surface area (Å²) in [4.78, 5) is 10.5. The van der Waals surface area contributed by atoms with Crippen LogP contribution in [0.5, 0.6) is 0 Å². The number of thiophene rings is 1. The Morgan fingerprint density at radius 1 is 0.432 bits per heavy atom. The van der Waals surface area contributed by atoms with E-state index in [0.29, 0.717) is 0 Å². The number of hydrogen-bond donors (Lipinski definition) is 0. The highest BCUT2D eigenvalue weighted by Gasteiger charge is 2.20. The zero-order chi connectivity index (χ0) is 24.6. The molecule has 0 saturated heterocycles. The summed E-state index contributed by atoms with van der Waals surface area (Å²) in [5.41, 5.74) is 8.76. The van der Waals surface area contributed by atoms with Crippen molar-refractivity contribution in [3.05, 3.63) is 133 Å². The summed E-state index contributed by atoms with van der Waals surface area (Å²) in [6, 6.07) is 46.5. The van der Waals surface area contributed by atoms with E-state index in [-0.39, 0.29) is 0 Å². The van der Waals surface area contributed by atoms with Crippen LogP contribution in [-0.4, -0.2) is 9.97 Å². The van der Waals surface area contributed by atoms with Gasteiger partial charge in [0.2, 0.25) is 0 Å². The van der Waals surface area contributed by atoms with Crippen LogP contribution in [0.2, 0.25) is 0 Å². The average Bonchev–Trinajstić information content (AvgIpc) is 3.36. The molecule has 7 aromatic rings. The van der Waals surface area contributed by atoms with E-state index in [9.17, 15) is 0 Å². The first-order valence-corrected chi connectivity index (χ1v) is 13.2. The van der Waals surface area contributed by atoms with Gasteiger partial charge in [-0.1, -0.05) is 127 Å². The lowest BCUT2D eigenvalue weighted by Crippen LogP contribution is -1.96. The van der Waals surface area contributed by atoms with Crippen LogP contribution in [0.15, 0.2) is 133 Å². The largest absolute Gasteiger partial charge is 0.226 e. The van der Waals surface area contributed by atoms with Crippen LogP contribution in [0.3, 0.4) is 0 Å². The lowest BCUT2D eigenvalue weighted by Gasteiger charge is -2.13. The van der Waals surface area contributed by atoms with Crippen LogP contribution in [-0.2, 0) is 0 Å². The second-order valence-corrected chi connectivity index (χ2v) is 10.0. The van der Waals surface area contributed by atoms with Crippen molar-refractivity contribution in [2.45, 2.75) is 0 Å². The molecule has 37 heavy (non-hydrogen) atoms. The predicted octanol–water partition coefficient (Wildman–Crippen LogP) is 9.51. The Morgan fingerprint density at radius 2 is 0.946 bits per heavy atom. The fraction of sp³-hybridized carbons (Fsp3) is 0. The maximum Gasteiger partial charge on any atom is 0.161 e. The maximum absolute atomic E-state index is 5.31. The Bertz CT molecular complexity index is 1870. The molecule has 0 unspecified atom stereocenters. The van der Waals surface area contributed by atoms with Crippen molar-refractivity contribution in [1.29, 1.82) is 0 Å². The van der Waals surface area contributed by atoms with Gasteiger partial charge in [0.15, 0.2) is 5.82 Å². The van der Waals surface area contributed by atoms with Gasteiger partial charge in [0.1, 0.15) is 0 Å². The molecule has 3 heteroatoms. The quantitative estimate of drug-likeness (QED) is 0.245. The second-order valence-electron chi connectivity index (χ2n) is 8.99. The van der Waals surface area contributed by atoms with Gasteiger partial charge in [0.25, 0.3) is 0 Å². The van der Waals surface area contributed by atoms with Crippen LogP contribution >= 0.6 is 11.3 Å². The van der Waals surface area contributed by atoms with E-state index in [2.05, 4.69) is 127 Å². The highest BCUT2D eigenvalue weighted by Crippen LogP contribution is 2.42. The van der Waals surface area contributed by atoms with Crippen LogP contribution in [0.25, 0.3) is 65.2 Å². The molecular weight excluding hydrogens is 468 g/mol. The van der Waals surface area contributed by atoms with Gasteiger partial charge in [-0.25, -0.2) is 9.97 Å². The van der Waals surface area contributed by atoms with Gasteiger partial charge < -0.3 is 0 Å². The minimum Gasteiger partial charge on any atom is -0.226 e. The second kappa shape index (κ2) is 9.12. The first-order valence-electron chi connectivity index (χ1n) is 12.4. The monoisotopic (exact) mass is 490 g/mol. The van der Waals surface area contributed by atoms with Crippen molar-refractivity contribution >= 4 is 31.6 Å². The molecule has 2 nitrogen and oxygen atoms in total. The molecule has 0 saturated carbocycles. The van der Waals surface area contributed by atoms with Gasteiger partial charge in [-0.05, 0) is 28.3 Å². The summed E-state index contributed by atoms with van der Waals surface area (Å²) in [6.07, 6.45) is 0. The molecule has 2 heterocycles. The van der Waals surface area contributed by atoms with E-state index in [1.54, 1.807) is 11.3 Å². The van der Waals surface area contributed by atoms with Crippen LogP contribution < -0.4 is 0 Å². The highest BCUT2D eigenvalue weighted by molar-refractivity contribution is 7.26. The summed E-state index contributed by atoms with van der Waals surface area (Å²) < 4.78 is 2.34. The zero-order valence-corrected chi connectivity index (χ0v) is 20.8. The highest BCUT2D eigenvalue weighted by atomic mass is 32.1. The van der Waals surface area contributed by atoms with E-state index >= 15 is 0 Å². The molecule has 0 spiro atoms. The van der Waals surface area contributed by atoms with Gasteiger partial charge in [-0.2, -0.15) is 0 Å². The van der Waals surface area contributed by atoms with E-state index in [1.165, 1.54) is 21.2 Å². The van der Waals surface area contributed by atoms with E-state index in [1.807, 2.05) is 6.07 Å². The van der Waals surface area contributed by atoms with Gasteiger partial charge >= 0.3 is 0 Å². The summed E-state index contributed by atoms with van der Waals surface area (Å²) in [6.45, 7) is 0. The first-order chi connectivity index (χ1) is 18.4. The Labute approximate surface area is 219 Å². The number of fused-ring (bicyclic) bond motifs is 3. The Hall–Kier alpha value is -4.60. The molecule has 0 aliphatic rings. The molecule has 0 N–H and O–H groups in total. The molecular formula is C34H22N2S. The van der Waals surface area contributed by atoms with Crippen LogP contribution in [0.4, 0.5) is 0 Å². The van der Waals surface area contributed by atoms with Crippen molar-refractivity contribution in [3.8, 4) is 44.9 Å². The third-order valence-electron chi connectivity index (χ3n) is 6.74. The van der Waals surface area contributed by atoms with Crippen molar-refractivity contribution in [2.24, 2.45) is 0 Å². The van der Waals surface area contributed by atoms with Crippen LogP contribution in [0.1, 0.15) is 0 Å². The number of benzene rings is 5. The topological polar surface area (TPSA) is 25.8 Å². The average molecular weight is 491 g/mol. The van der Waals surface area contributed by atoms with E-state index in [0.717, 1.165) is 44.0 Å². The summed E-state index contributed by atoms with van der Waals surface area (Å²) in [5, 5.41) is 1.17. The maximum atomic E-state index is 5.31. The van der Waals surface area contributed by atoms with E-state index in [4.69, 9.17) is 9.97 Å². The van der Waals surface area contributed by atoms with Gasteiger partial charge in [-0.3, -0.25) is 0 Å². The first kappa shape index (κ1) is 21.7. The molecule has 0 amide bonds. The van der Waals surface area contributed by atoms with Crippen molar-refractivity contribution < 1.29 is 0 Å². The minimum atomic E-state index is 0.744. The Balaban J connectivity index is 1.56. The summed E-state index contributed by atoms with van der Waals surface area (Å²) in [7, 11) is 0. The number of rotatable bonds is 4. The SMILES string of the molecule is c1ccc(-c2ccccc2-c2nc(-c3ccccc3-c3ccccc3)c3sc4ccccc4c3n2)cc1. The normalized spacial score (nSPS) is 11.2. The van der Waals surface area contributed by atoms with Crippen molar-refractivity contribution in [2.75, 3.05) is 0 Å². The van der Waals surface area contributed by atoms with E-state index < -0.39 is 0 Å². The third kappa shape index (κ3) is 3.81. The standard InChI is InChI=1S/C34H22N2S/c1-3-13-23(14-4-1)25-17-7-9-19-27(25)31-33-32(29-21-11-12-22-30(29)37-33)36-34(35-31)28-20-10-8-18-26(28)24-15-5-2-6-16-24/h1-22H. The molecule has 174 valence electrons. The fourth-order valence-electron chi connectivity index (χ4n) is 5.00. The summed E-state index contributed by atoms with van der Waals surface area (Å²) >= 11 is 1.77. The molecule has 2 aromatic heterocycles. The van der Waals surface area contributed by atoms with Gasteiger partial charge in [-0.15, -0.1) is 11.3 Å². The molecule has 7 rings (SSSR count). The predicted molar refractivity (Wildman–Crippen MR) is 157 cm³/mol. The van der Waals surface area contributed by atoms with Gasteiger partial charge in [0.05, 0.1) is 15.9 Å². The molecule has 0 radical (unpaired) electrons. The lowest BCUT2D eigenvalue weighted by atomic mass is 9.96. The van der Waals surface area contributed by atoms with Gasteiger partial charge in [0, 0.05) is 21.2 Å². The summed E-state index contributed by atoms with van der Waals surface area (Å²) in [5.74, 6) is 0.744. The number of nitrogens with zero attached hydrogens (tertiary/aromatic N) is 2. The molecule has 5 aromatic carbocycles. The van der Waals surface area contributed by atoms with Crippen molar-refractivity contribution in [3.63, 3.8) is 0 Å². The fourth-order valence-corrected chi connectivity index (χ4v) is 6.15. The number of aromatic nitrogens is 2. The third-order valence-corrected chi connectivity index (χ3v) is 7.91. The Kier molecular flexibility index (Phi) is 5.34. The molecule has 0 fully saturated rings. The lowest BCUT2D eigenvalue weighted by molar-refractivity contribution is 1.24. The smallest absolute Gasteiger partial charge is 0.161 e. The number of hydrogen-bond acceptors (Lipinski definition) is 3. The molecule has 0 bridgehead atoms. The molecule has 0 aliphatic heterocycles. The minimum absolute atomic E-state index is 0.744. The van der Waals surface area contributed by atoms with Crippen LogP contribution in [0, 0.1) is 0 Å². The molecule has 0 atom stereocenters. The zero-order valence-electron chi connectivity index (χ0n) is 20.0. The van der Waals surface area contributed by atoms with Crippen molar-refractivity contribution in [1.82, 2.24) is 9.97 Å². The molecule has 0 aliphatic carbocycles. The Morgan fingerprint density at radius 3 is 1.62 bits per heavy atom.